The van der Waals surface area contributed by atoms with Crippen molar-refractivity contribution in [1.82, 2.24) is 4.72 Å². The molecular weight excluding hydrogens is 478 g/mol. The Hall–Kier alpha value is -3.46. The van der Waals surface area contributed by atoms with Gasteiger partial charge in [-0.15, -0.1) is 0 Å². The van der Waals surface area contributed by atoms with Crippen LogP contribution in [0, 0.1) is 6.92 Å². The van der Waals surface area contributed by atoms with Gasteiger partial charge in [0, 0.05) is 24.1 Å². The summed E-state index contributed by atoms with van der Waals surface area (Å²) < 4.78 is 37.6. The number of sulfonamides is 1. The summed E-state index contributed by atoms with van der Waals surface area (Å²) >= 11 is 6.34. The van der Waals surface area contributed by atoms with Crippen molar-refractivity contribution < 1.29 is 22.4 Å². The summed E-state index contributed by atoms with van der Waals surface area (Å²) in [7, 11) is -3.75. The van der Waals surface area contributed by atoms with Crippen LogP contribution in [-0.4, -0.2) is 20.9 Å². The number of halogens is 1. The molecule has 4 aromatic rings. The number of hydrogen-bond donors (Lipinski definition) is 1. The van der Waals surface area contributed by atoms with Gasteiger partial charge in [-0.25, -0.2) is 17.9 Å². The largest absolute Gasteiger partial charge is 0.425 e. The zero-order chi connectivity index (χ0) is 24.3. The zero-order valence-electron chi connectivity index (χ0n) is 18.1. The Morgan fingerprint density at radius 1 is 1.03 bits per heavy atom. The summed E-state index contributed by atoms with van der Waals surface area (Å²) in [4.78, 5) is 24.5. The first-order valence-corrected chi connectivity index (χ1v) is 12.2. The number of carbonyl (C=O) groups is 1. The van der Waals surface area contributed by atoms with Crippen molar-refractivity contribution in [2.75, 3.05) is 6.54 Å². The molecule has 0 aliphatic carbocycles. The number of carbonyl (C=O) groups excluding carboxylic acids is 1. The number of fused-ring (bicyclic) bond motifs is 1. The first-order chi connectivity index (χ1) is 16.2. The molecule has 0 amide bonds. The second kappa shape index (κ2) is 9.80. The van der Waals surface area contributed by atoms with E-state index in [1.54, 1.807) is 18.2 Å². The minimum absolute atomic E-state index is 0.00826. The molecule has 4 rings (SSSR count). The van der Waals surface area contributed by atoms with Gasteiger partial charge in [-0.05, 0) is 36.2 Å². The van der Waals surface area contributed by atoms with Crippen molar-refractivity contribution in [1.29, 1.82) is 0 Å². The highest BCUT2D eigenvalue weighted by Crippen LogP contribution is 2.35. The van der Waals surface area contributed by atoms with Crippen LogP contribution in [0.4, 0.5) is 0 Å². The minimum Gasteiger partial charge on any atom is -0.425 e. The van der Waals surface area contributed by atoms with Crippen molar-refractivity contribution in [2.45, 2.75) is 18.2 Å². The lowest BCUT2D eigenvalue weighted by molar-refractivity contribution is -0.134. The molecule has 3 aromatic carbocycles. The van der Waals surface area contributed by atoms with Gasteiger partial charge in [0.15, 0.2) is 5.75 Å². The van der Waals surface area contributed by atoms with Gasteiger partial charge in [-0.1, -0.05) is 59.6 Å². The molecule has 0 radical (unpaired) electrons. The van der Waals surface area contributed by atoms with E-state index < -0.39 is 21.6 Å². The van der Waals surface area contributed by atoms with Crippen molar-refractivity contribution in [3.05, 3.63) is 93.8 Å². The van der Waals surface area contributed by atoms with E-state index >= 15 is 0 Å². The third kappa shape index (κ3) is 5.36. The van der Waals surface area contributed by atoms with Crippen LogP contribution in [0.1, 0.15) is 12.0 Å². The molecule has 1 heterocycles. The summed E-state index contributed by atoms with van der Waals surface area (Å²) in [5.74, 6) is -0.691. The highest BCUT2D eigenvalue weighted by molar-refractivity contribution is 7.89. The zero-order valence-corrected chi connectivity index (χ0v) is 19.7. The molecule has 34 heavy (non-hydrogen) atoms. The van der Waals surface area contributed by atoms with E-state index in [1.165, 1.54) is 24.3 Å². The van der Waals surface area contributed by atoms with Crippen LogP contribution in [0.25, 0.3) is 22.1 Å². The van der Waals surface area contributed by atoms with E-state index in [-0.39, 0.29) is 34.2 Å². The molecular formula is C25H20ClNO6S. The molecule has 174 valence electrons. The van der Waals surface area contributed by atoms with Gasteiger partial charge in [0.25, 0.3) is 0 Å². The van der Waals surface area contributed by atoms with Gasteiger partial charge in [0.1, 0.15) is 5.58 Å². The van der Waals surface area contributed by atoms with E-state index in [4.69, 9.17) is 20.8 Å². The predicted molar refractivity (Wildman–Crippen MR) is 130 cm³/mol. The third-order valence-corrected chi connectivity index (χ3v) is 6.83. The van der Waals surface area contributed by atoms with E-state index in [9.17, 15) is 18.0 Å². The van der Waals surface area contributed by atoms with Crippen LogP contribution in [-0.2, 0) is 14.8 Å². The molecule has 0 aliphatic heterocycles. The van der Waals surface area contributed by atoms with Crippen LogP contribution in [0.2, 0.25) is 5.02 Å². The van der Waals surface area contributed by atoms with Crippen LogP contribution >= 0.6 is 11.6 Å². The number of esters is 1. The Kier molecular flexibility index (Phi) is 6.83. The molecule has 0 atom stereocenters. The maximum atomic E-state index is 12.3. The fourth-order valence-corrected chi connectivity index (χ4v) is 4.59. The Morgan fingerprint density at radius 3 is 2.44 bits per heavy atom. The highest BCUT2D eigenvalue weighted by atomic mass is 35.5. The molecule has 1 N–H and O–H groups in total. The van der Waals surface area contributed by atoms with Crippen LogP contribution in [0.5, 0.6) is 5.75 Å². The Labute approximate surface area is 201 Å². The lowest BCUT2D eigenvalue weighted by atomic mass is 10.0. The van der Waals surface area contributed by atoms with Crippen molar-refractivity contribution >= 4 is 38.6 Å². The molecule has 1 aromatic heterocycles. The second-order valence-electron chi connectivity index (χ2n) is 7.56. The first kappa shape index (κ1) is 23.7. The normalized spacial score (nSPS) is 11.5. The lowest BCUT2D eigenvalue weighted by Gasteiger charge is -2.11. The molecule has 0 saturated heterocycles. The minimum atomic E-state index is -3.75. The van der Waals surface area contributed by atoms with E-state index in [2.05, 4.69) is 4.72 Å². The third-order valence-electron chi connectivity index (χ3n) is 5.06. The van der Waals surface area contributed by atoms with E-state index in [0.717, 1.165) is 11.1 Å². The van der Waals surface area contributed by atoms with Gasteiger partial charge >= 0.3 is 11.6 Å². The highest BCUT2D eigenvalue weighted by Gasteiger charge is 2.17. The maximum Gasteiger partial charge on any atom is 0.336 e. The lowest BCUT2D eigenvalue weighted by Crippen LogP contribution is -2.27. The fraction of sp³-hybridized carbons (Fsp3) is 0.120. The maximum absolute atomic E-state index is 12.3. The summed E-state index contributed by atoms with van der Waals surface area (Å²) in [5, 5.41) is 0.730. The van der Waals surface area contributed by atoms with Gasteiger partial charge in [0.05, 0.1) is 16.3 Å². The smallest absolute Gasteiger partial charge is 0.336 e. The molecule has 0 aliphatic rings. The first-order valence-electron chi connectivity index (χ1n) is 10.3. The Balaban J connectivity index is 1.49. The van der Waals surface area contributed by atoms with Crippen LogP contribution in [0.15, 0.2) is 86.9 Å². The van der Waals surface area contributed by atoms with Crippen molar-refractivity contribution in [2.24, 2.45) is 0 Å². The summed E-state index contributed by atoms with van der Waals surface area (Å²) in [6.07, 6.45) is -0.229. The fourth-order valence-electron chi connectivity index (χ4n) is 3.36. The van der Waals surface area contributed by atoms with Crippen molar-refractivity contribution in [3.63, 3.8) is 0 Å². The number of nitrogens with one attached hydrogen (secondary N) is 1. The molecule has 0 fully saturated rings. The topological polar surface area (TPSA) is 103 Å². The van der Waals surface area contributed by atoms with Gasteiger partial charge in [-0.2, -0.15) is 0 Å². The van der Waals surface area contributed by atoms with Crippen LogP contribution in [0.3, 0.4) is 0 Å². The monoisotopic (exact) mass is 497 g/mol. The SMILES string of the molecule is Cc1ccc(S(=O)(=O)NCCC(=O)Oc2cc3oc(=O)cc(-c4ccccc4)c3cc2Cl)cc1. The second-order valence-corrected chi connectivity index (χ2v) is 9.73. The van der Waals surface area contributed by atoms with E-state index in [1.807, 2.05) is 37.3 Å². The Morgan fingerprint density at radius 2 is 1.74 bits per heavy atom. The summed E-state index contributed by atoms with van der Waals surface area (Å²) in [5.41, 5.74) is 2.02. The number of aryl methyl sites for hydroxylation is 1. The average molecular weight is 498 g/mol. The molecule has 0 unspecified atom stereocenters. The summed E-state index contributed by atoms with van der Waals surface area (Å²) in [6, 6.07) is 19.9. The Bertz CT molecular complexity index is 1510. The molecule has 0 saturated carbocycles. The van der Waals surface area contributed by atoms with Gasteiger partial charge < -0.3 is 9.15 Å². The molecule has 0 bridgehead atoms. The average Bonchev–Trinajstić information content (AvgIpc) is 2.80. The predicted octanol–water partition coefficient (Wildman–Crippen LogP) is 4.70. The molecule has 7 nitrogen and oxygen atoms in total. The van der Waals surface area contributed by atoms with E-state index in [0.29, 0.717) is 10.9 Å². The van der Waals surface area contributed by atoms with Gasteiger partial charge in [0.2, 0.25) is 10.0 Å². The number of hydrogen-bond acceptors (Lipinski definition) is 6. The molecule has 9 heteroatoms. The van der Waals surface area contributed by atoms with Crippen LogP contribution < -0.4 is 15.1 Å². The van der Waals surface area contributed by atoms with Gasteiger partial charge in [-0.3, -0.25) is 4.79 Å². The molecule has 0 spiro atoms. The van der Waals surface area contributed by atoms with Crippen molar-refractivity contribution in [3.8, 4) is 16.9 Å². The number of ether oxygens (including phenoxy) is 1. The summed E-state index contributed by atoms with van der Waals surface area (Å²) in [6.45, 7) is 1.69. The number of benzene rings is 3. The standard InChI is InChI=1S/C25H20ClNO6S/c1-16-7-9-18(10-8-16)34(30,31)27-12-11-24(28)33-23-15-22-20(13-21(23)26)19(14-25(29)32-22)17-5-3-2-4-6-17/h2-10,13-15,27H,11-12H2,1H3. The quantitative estimate of drug-likeness (QED) is 0.225. The number of rotatable bonds is 7.